The lowest BCUT2D eigenvalue weighted by molar-refractivity contribution is -0.145. The first kappa shape index (κ1) is 9.89. The molecule has 14 heavy (non-hydrogen) atoms. The molecular formula is C9H17N3O2. The summed E-state index contributed by atoms with van der Waals surface area (Å²) in [5.74, 6) is 0.138. The Kier molecular flexibility index (Phi) is 3.34. The van der Waals surface area contributed by atoms with Crippen molar-refractivity contribution in [1.82, 2.24) is 15.5 Å². The summed E-state index contributed by atoms with van der Waals surface area (Å²) in [7, 11) is 0. The quantitative estimate of drug-likeness (QED) is 0.534. The molecule has 2 aliphatic rings. The summed E-state index contributed by atoms with van der Waals surface area (Å²) < 4.78 is 5.42. The summed E-state index contributed by atoms with van der Waals surface area (Å²) in [6, 6.07) is 0. The normalized spacial score (nSPS) is 28.9. The van der Waals surface area contributed by atoms with Crippen LogP contribution in [-0.2, 0) is 9.53 Å². The second kappa shape index (κ2) is 4.72. The lowest BCUT2D eigenvalue weighted by Gasteiger charge is -2.32. The van der Waals surface area contributed by atoms with E-state index in [0.717, 1.165) is 32.7 Å². The van der Waals surface area contributed by atoms with Crippen molar-refractivity contribution < 1.29 is 9.53 Å². The summed E-state index contributed by atoms with van der Waals surface area (Å²) in [6.07, 6.45) is -0.262. The number of carbonyl (C=O) groups excluding carboxylic acids is 1. The molecule has 0 spiro atoms. The molecular weight excluding hydrogens is 182 g/mol. The van der Waals surface area contributed by atoms with E-state index in [1.807, 2.05) is 4.90 Å². The molecule has 2 fully saturated rings. The van der Waals surface area contributed by atoms with Crippen molar-refractivity contribution in [3.63, 3.8) is 0 Å². The maximum absolute atomic E-state index is 11.9. The summed E-state index contributed by atoms with van der Waals surface area (Å²) in [5.41, 5.74) is 0. The van der Waals surface area contributed by atoms with Crippen molar-refractivity contribution in [3.05, 3.63) is 0 Å². The SMILES string of the molecule is O=C([C@H]1CNCCO1)N1CCNCC1. The molecule has 0 aromatic heterocycles. The van der Waals surface area contributed by atoms with E-state index < -0.39 is 0 Å². The van der Waals surface area contributed by atoms with Gasteiger partial charge >= 0.3 is 0 Å². The molecule has 5 heteroatoms. The minimum absolute atomic E-state index is 0.138. The Balaban J connectivity index is 1.85. The molecule has 1 amide bonds. The predicted molar refractivity (Wildman–Crippen MR) is 52.1 cm³/mol. The third kappa shape index (κ3) is 2.23. The third-order valence-corrected chi connectivity index (χ3v) is 2.63. The molecule has 2 heterocycles. The van der Waals surface area contributed by atoms with Gasteiger partial charge in [0, 0.05) is 39.3 Å². The van der Waals surface area contributed by atoms with E-state index in [0.29, 0.717) is 13.2 Å². The highest BCUT2D eigenvalue weighted by Gasteiger charge is 2.27. The summed E-state index contributed by atoms with van der Waals surface area (Å²) >= 11 is 0. The number of rotatable bonds is 1. The summed E-state index contributed by atoms with van der Waals surface area (Å²) in [4.78, 5) is 13.8. The maximum Gasteiger partial charge on any atom is 0.253 e. The van der Waals surface area contributed by atoms with E-state index >= 15 is 0 Å². The van der Waals surface area contributed by atoms with Gasteiger partial charge in [-0.25, -0.2) is 0 Å². The first-order valence-electron chi connectivity index (χ1n) is 5.20. The van der Waals surface area contributed by atoms with Crippen molar-refractivity contribution in [2.45, 2.75) is 6.10 Å². The number of morpholine rings is 1. The lowest BCUT2D eigenvalue weighted by atomic mass is 10.2. The molecule has 2 saturated heterocycles. The number of ether oxygens (including phenoxy) is 1. The van der Waals surface area contributed by atoms with Crippen molar-refractivity contribution in [1.29, 1.82) is 0 Å². The monoisotopic (exact) mass is 199 g/mol. The van der Waals surface area contributed by atoms with E-state index in [9.17, 15) is 4.79 Å². The van der Waals surface area contributed by atoms with Crippen LogP contribution in [0.1, 0.15) is 0 Å². The fourth-order valence-electron chi connectivity index (χ4n) is 1.81. The van der Waals surface area contributed by atoms with Crippen LogP contribution < -0.4 is 10.6 Å². The van der Waals surface area contributed by atoms with E-state index in [1.54, 1.807) is 0 Å². The highest BCUT2D eigenvalue weighted by atomic mass is 16.5. The average molecular weight is 199 g/mol. The molecule has 0 aromatic rings. The Labute approximate surface area is 83.8 Å². The van der Waals surface area contributed by atoms with Crippen LogP contribution in [0.2, 0.25) is 0 Å². The molecule has 0 unspecified atom stereocenters. The van der Waals surface area contributed by atoms with Crippen molar-refractivity contribution in [2.75, 3.05) is 45.9 Å². The first-order chi connectivity index (χ1) is 6.88. The first-order valence-corrected chi connectivity index (χ1v) is 5.20. The Morgan fingerprint density at radius 1 is 1.21 bits per heavy atom. The van der Waals surface area contributed by atoms with Gasteiger partial charge in [0.1, 0.15) is 6.10 Å². The molecule has 0 aliphatic carbocycles. The Hall–Kier alpha value is -0.650. The third-order valence-electron chi connectivity index (χ3n) is 2.63. The van der Waals surface area contributed by atoms with E-state index in [1.165, 1.54) is 0 Å². The highest BCUT2D eigenvalue weighted by Crippen LogP contribution is 2.03. The number of nitrogens with one attached hydrogen (secondary N) is 2. The van der Waals surface area contributed by atoms with Crippen molar-refractivity contribution in [2.24, 2.45) is 0 Å². The van der Waals surface area contributed by atoms with Gasteiger partial charge in [0.15, 0.2) is 0 Å². The van der Waals surface area contributed by atoms with Crippen LogP contribution in [0.5, 0.6) is 0 Å². The molecule has 1 atom stereocenters. The van der Waals surface area contributed by atoms with E-state index in [-0.39, 0.29) is 12.0 Å². The van der Waals surface area contributed by atoms with Crippen molar-refractivity contribution >= 4 is 5.91 Å². The van der Waals surface area contributed by atoms with Gasteiger partial charge in [-0.05, 0) is 0 Å². The number of piperazine rings is 1. The highest BCUT2D eigenvalue weighted by molar-refractivity contribution is 5.81. The molecule has 0 bridgehead atoms. The molecule has 0 radical (unpaired) electrons. The number of carbonyl (C=O) groups is 1. The Morgan fingerprint density at radius 2 is 2.00 bits per heavy atom. The molecule has 2 aliphatic heterocycles. The van der Waals surface area contributed by atoms with Crippen LogP contribution >= 0.6 is 0 Å². The molecule has 5 nitrogen and oxygen atoms in total. The van der Waals surface area contributed by atoms with E-state index in [4.69, 9.17) is 4.74 Å². The number of hydrogen-bond donors (Lipinski definition) is 2. The molecule has 2 N–H and O–H groups in total. The van der Waals surface area contributed by atoms with Gasteiger partial charge in [-0.15, -0.1) is 0 Å². The standard InChI is InChI=1S/C9H17N3O2/c13-9(8-7-11-3-6-14-8)12-4-1-10-2-5-12/h8,10-11H,1-7H2/t8-/m1/s1. The zero-order chi connectivity index (χ0) is 9.80. The number of hydrogen-bond acceptors (Lipinski definition) is 4. The smallest absolute Gasteiger partial charge is 0.253 e. The van der Waals surface area contributed by atoms with Crippen LogP contribution in [0, 0.1) is 0 Å². The number of nitrogens with zero attached hydrogens (tertiary/aromatic N) is 1. The van der Waals surface area contributed by atoms with Gasteiger partial charge in [0.2, 0.25) is 0 Å². The van der Waals surface area contributed by atoms with Crippen molar-refractivity contribution in [3.8, 4) is 0 Å². The average Bonchev–Trinajstić information content (AvgIpc) is 2.30. The van der Waals surface area contributed by atoms with Gasteiger partial charge < -0.3 is 20.3 Å². The van der Waals surface area contributed by atoms with Gasteiger partial charge in [-0.1, -0.05) is 0 Å². The molecule has 0 aromatic carbocycles. The largest absolute Gasteiger partial charge is 0.366 e. The van der Waals surface area contributed by atoms with Crippen LogP contribution in [-0.4, -0.2) is 62.8 Å². The Morgan fingerprint density at radius 3 is 2.64 bits per heavy atom. The van der Waals surface area contributed by atoms with Gasteiger partial charge in [0.25, 0.3) is 5.91 Å². The minimum Gasteiger partial charge on any atom is -0.366 e. The second-order valence-corrected chi connectivity index (χ2v) is 3.64. The van der Waals surface area contributed by atoms with Crippen LogP contribution in [0.3, 0.4) is 0 Å². The fourth-order valence-corrected chi connectivity index (χ4v) is 1.81. The van der Waals surface area contributed by atoms with Crippen LogP contribution in [0.25, 0.3) is 0 Å². The number of amides is 1. The molecule has 0 saturated carbocycles. The Bertz CT molecular complexity index is 178. The van der Waals surface area contributed by atoms with Crippen LogP contribution in [0.15, 0.2) is 0 Å². The minimum atomic E-state index is -0.262. The maximum atomic E-state index is 11.9. The fraction of sp³-hybridized carbons (Fsp3) is 0.889. The van der Waals surface area contributed by atoms with Gasteiger partial charge in [-0.2, -0.15) is 0 Å². The predicted octanol–water partition coefficient (Wildman–Crippen LogP) is -1.59. The van der Waals surface area contributed by atoms with Gasteiger partial charge in [-0.3, -0.25) is 4.79 Å². The zero-order valence-electron chi connectivity index (χ0n) is 8.29. The van der Waals surface area contributed by atoms with E-state index in [2.05, 4.69) is 10.6 Å². The summed E-state index contributed by atoms with van der Waals surface area (Å²) in [6.45, 7) is 5.55. The lowest BCUT2D eigenvalue weighted by Crippen LogP contribution is -2.54. The zero-order valence-corrected chi connectivity index (χ0v) is 8.29. The van der Waals surface area contributed by atoms with Crippen LogP contribution in [0.4, 0.5) is 0 Å². The molecule has 80 valence electrons. The topological polar surface area (TPSA) is 53.6 Å². The van der Waals surface area contributed by atoms with Gasteiger partial charge in [0.05, 0.1) is 6.61 Å². The summed E-state index contributed by atoms with van der Waals surface area (Å²) in [5, 5.41) is 6.39. The molecule has 2 rings (SSSR count). The second-order valence-electron chi connectivity index (χ2n) is 3.64.